The summed E-state index contributed by atoms with van der Waals surface area (Å²) in [6, 6.07) is 2.12. The molecule has 3 nitrogen and oxygen atoms in total. The predicted molar refractivity (Wildman–Crippen MR) is 80.1 cm³/mol. The minimum atomic E-state index is -2.02. The topological polar surface area (TPSA) is 21.7 Å². The molecule has 0 aromatic carbocycles. The highest BCUT2D eigenvalue weighted by Gasteiger charge is 2.52. The van der Waals surface area contributed by atoms with E-state index in [2.05, 4.69) is 6.07 Å². The Kier molecular flexibility index (Phi) is 2.36. The number of likely N-dealkylation sites (N-methyl/N-ethyl adjacent to an activating group) is 1. The molecule has 0 unspecified atom stereocenters. The maximum Gasteiger partial charge on any atom is 0.505 e. The Hall–Kier alpha value is -0.355. The molecule has 0 aliphatic carbocycles. The molecule has 3 heterocycles. The monoisotopic (exact) mass is 282 g/mol. The van der Waals surface area contributed by atoms with Gasteiger partial charge in [0.25, 0.3) is 0 Å². The van der Waals surface area contributed by atoms with Crippen molar-refractivity contribution in [3.63, 3.8) is 0 Å². The zero-order valence-electron chi connectivity index (χ0n) is 14.9. The van der Waals surface area contributed by atoms with Gasteiger partial charge in [-0.1, -0.05) is 0 Å². The van der Waals surface area contributed by atoms with Crippen LogP contribution in [0.1, 0.15) is 42.2 Å². The zero-order chi connectivity index (χ0) is 16.3. The van der Waals surface area contributed by atoms with Crippen LogP contribution in [0.25, 0.3) is 0 Å². The molecule has 1 aromatic rings. The van der Waals surface area contributed by atoms with E-state index in [4.69, 9.17) is 13.4 Å². The van der Waals surface area contributed by atoms with Crippen molar-refractivity contribution in [2.45, 2.75) is 51.9 Å². The average Bonchev–Trinajstić information content (AvgIpc) is 2.86. The molecule has 104 valence electrons. The summed E-state index contributed by atoms with van der Waals surface area (Å²) in [6.07, 6.45) is 0.768. The highest BCUT2D eigenvalue weighted by Crippen LogP contribution is 2.37. The van der Waals surface area contributed by atoms with Crippen LogP contribution >= 0.6 is 11.3 Å². The van der Waals surface area contributed by atoms with Crippen LogP contribution in [0.3, 0.4) is 0 Å². The van der Waals surface area contributed by atoms with Gasteiger partial charge in [0.2, 0.25) is 0 Å². The van der Waals surface area contributed by atoms with Crippen molar-refractivity contribution in [3.05, 3.63) is 16.5 Å². The average molecular weight is 282 g/mol. The first-order valence-corrected chi connectivity index (χ1v) is 7.53. The van der Waals surface area contributed by atoms with E-state index in [1.54, 1.807) is 16.2 Å². The third-order valence-electron chi connectivity index (χ3n) is 4.39. The Labute approximate surface area is 124 Å². The molecular weight excluding hydrogens is 257 g/mol. The van der Waals surface area contributed by atoms with Crippen molar-refractivity contribution >= 4 is 23.2 Å². The molecule has 0 spiro atoms. The summed E-state index contributed by atoms with van der Waals surface area (Å²) in [4.78, 5) is 2.67. The molecule has 0 atom stereocenters. The molecule has 19 heavy (non-hydrogen) atoms. The van der Waals surface area contributed by atoms with Gasteiger partial charge < -0.3 is 14.2 Å². The normalized spacial score (nSPS) is 28.6. The number of thiophene rings is 1. The van der Waals surface area contributed by atoms with E-state index in [-0.39, 0.29) is 18.3 Å². The lowest BCUT2D eigenvalue weighted by molar-refractivity contribution is 0.00578. The van der Waals surface area contributed by atoms with Crippen LogP contribution in [0.5, 0.6) is 0 Å². The molecule has 3 rings (SSSR count). The molecule has 1 saturated heterocycles. The smallest absolute Gasteiger partial charge is 0.399 e. The number of rotatable bonds is 1. The quantitative estimate of drug-likeness (QED) is 0.736. The van der Waals surface area contributed by atoms with Gasteiger partial charge >= 0.3 is 7.12 Å². The van der Waals surface area contributed by atoms with Crippen LogP contribution in [0, 0.1) is 0 Å². The lowest BCUT2D eigenvalue weighted by Gasteiger charge is -2.32. The third kappa shape index (κ3) is 2.27. The minimum Gasteiger partial charge on any atom is -0.399 e. The molecular formula is C14H22BNO2S. The summed E-state index contributed by atoms with van der Waals surface area (Å²) in [6.45, 7) is 7.19. The summed E-state index contributed by atoms with van der Waals surface area (Å²) >= 11 is 1.61. The third-order valence-corrected chi connectivity index (χ3v) is 5.57. The number of fused-ring (bicyclic) bond motifs is 1. The Morgan fingerprint density at radius 2 is 2.00 bits per heavy atom. The van der Waals surface area contributed by atoms with Gasteiger partial charge in [-0.25, -0.2) is 0 Å². The maximum atomic E-state index is 7.56. The highest BCUT2D eigenvalue weighted by atomic mass is 32.1. The van der Waals surface area contributed by atoms with Crippen molar-refractivity contribution in [2.24, 2.45) is 0 Å². The summed E-state index contributed by atoms with van der Waals surface area (Å²) < 4.78 is 35.9. The van der Waals surface area contributed by atoms with Crippen molar-refractivity contribution in [2.75, 3.05) is 13.5 Å². The predicted octanol–water partition coefficient (Wildman–Crippen LogP) is 2.04. The van der Waals surface area contributed by atoms with E-state index in [1.165, 1.54) is 5.56 Å². The van der Waals surface area contributed by atoms with Gasteiger partial charge in [-0.2, -0.15) is 0 Å². The lowest BCUT2D eigenvalue weighted by atomic mass is 9.87. The van der Waals surface area contributed by atoms with Gasteiger partial charge in [0.1, 0.15) is 0 Å². The van der Waals surface area contributed by atoms with Crippen LogP contribution in [-0.4, -0.2) is 36.7 Å². The molecule has 0 bridgehead atoms. The number of hydrogen-bond donors (Lipinski definition) is 0. The van der Waals surface area contributed by atoms with E-state index < -0.39 is 6.98 Å². The van der Waals surface area contributed by atoms with Gasteiger partial charge in [-0.3, -0.25) is 0 Å². The van der Waals surface area contributed by atoms with Gasteiger partial charge in [-0.05, 0) is 52.7 Å². The molecule has 2 aliphatic rings. The second kappa shape index (κ2) is 4.32. The van der Waals surface area contributed by atoms with Crippen molar-refractivity contribution < 1.29 is 13.4 Å². The molecule has 1 aromatic heterocycles. The first kappa shape index (κ1) is 10.4. The minimum absolute atomic E-state index is 0.354. The first-order valence-electron chi connectivity index (χ1n) is 8.22. The Bertz CT molecular complexity index is 569. The molecule has 0 N–H and O–H groups in total. The molecule has 0 amide bonds. The van der Waals surface area contributed by atoms with Crippen molar-refractivity contribution in [3.8, 4) is 0 Å². The van der Waals surface area contributed by atoms with Crippen LogP contribution in [0.2, 0.25) is 0 Å². The first-order chi connectivity index (χ1) is 9.99. The largest absolute Gasteiger partial charge is 0.505 e. The second-order valence-electron chi connectivity index (χ2n) is 6.36. The Morgan fingerprint density at radius 1 is 1.32 bits per heavy atom. The Balaban J connectivity index is 1.81. The highest BCUT2D eigenvalue weighted by molar-refractivity contribution is 7.22. The summed E-state index contributed by atoms with van der Waals surface area (Å²) in [5.74, 6) is 0. The van der Waals surface area contributed by atoms with E-state index in [0.29, 0.717) is 13.1 Å². The fraction of sp³-hybridized carbons (Fsp3) is 0.714. The Morgan fingerprint density at radius 3 is 2.63 bits per heavy atom. The lowest BCUT2D eigenvalue weighted by Crippen LogP contribution is -2.41. The van der Waals surface area contributed by atoms with Gasteiger partial charge in [0.05, 0.1) is 11.2 Å². The van der Waals surface area contributed by atoms with E-state index in [9.17, 15) is 0 Å². The second-order valence-corrected chi connectivity index (χ2v) is 7.53. The van der Waals surface area contributed by atoms with E-state index in [1.807, 2.05) is 27.7 Å². The van der Waals surface area contributed by atoms with Crippen molar-refractivity contribution in [1.82, 2.24) is 4.90 Å². The van der Waals surface area contributed by atoms with Crippen LogP contribution < -0.4 is 4.78 Å². The molecule has 1 fully saturated rings. The zero-order valence-corrected chi connectivity index (χ0v) is 12.8. The van der Waals surface area contributed by atoms with Gasteiger partial charge in [-0.15, -0.1) is 11.3 Å². The molecule has 0 saturated carbocycles. The van der Waals surface area contributed by atoms with Crippen LogP contribution in [0.4, 0.5) is 0 Å². The van der Waals surface area contributed by atoms with E-state index >= 15 is 0 Å². The van der Waals surface area contributed by atoms with E-state index in [0.717, 1.165) is 16.1 Å². The standard InChI is InChI=1S/C14H22BNO2S/c1-13(2)14(3,4)18-15(17-13)12-8-10-6-7-16(5)9-11(10)19-12/h8H,6-7,9H2,1-5H3/i5D3. The molecule has 2 aliphatic heterocycles. The maximum absolute atomic E-state index is 7.56. The summed E-state index contributed by atoms with van der Waals surface area (Å²) in [5, 5.41) is 0. The SMILES string of the molecule is [2H]C([2H])([2H])N1CCc2cc(B3OC(C)(C)C(C)(C)O3)sc2C1. The number of nitrogens with zero attached hydrogens (tertiary/aromatic N) is 1. The fourth-order valence-corrected chi connectivity index (χ4v) is 3.61. The summed E-state index contributed by atoms with van der Waals surface area (Å²) in [7, 11) is -0.359. The van der Waals surface area contributed by atoms with Crippen LogP contribution in [-0.2, 0) is 22.3 Å². The van der Waals surface area contributed by atoms with Crippen LogP contribution in [0.15, 0.2) is 6.07 Å². The molecule has 0 radical (unpaired) electrons. The molecule has 5 heteroatoms. The van der Waals surface area contributed by atoms with Gasteiger partial charge in [0, 0.05) is 26.9 Å². The fourth-order valence-electron chi connectivity index (χ4n) is 2.42. The van der Waals surface area contributed by atoms with Gasteiger partial charge in [0.15, 0.2) is 0 Å². The van der Waals surface area contributed by atoms with Crippen molar-refractivity contribution in [1.29, 1.82) is 0 Å². The summed E-state index contributed by atoms with van der Waals surface area (Å²) in [5.41, 5.74) is 0.523. The number of hydrogen-bond acceptors (Lipinski definition) is 4.